The molecule has 104 valence electrons. The summed E-state index contributed by atoms with van der Waals surface area (Å²) in [7, 11) is 0. The first kappa shape index (κ1) is 21.7. The number of aldehydes is 1. The van der Waals surface area contributed by atoms with Crippen molar-refractivity contribution in [2.45, 2.75) is 32.6 Å². The van der Waals surface area contributed by atoms with E-state index in [-0.39, 0.29) is 13.2 Å². The first-order valence-electron chi connectivity index (χ1n) is 5.70. The van der Waals surface area contributed by atoms with E-state index in [9.17, 15) is 0 Å². The molecule has 0 heterocycles. The van der Waals surface area contributed by atoms with Crippen LogP contribution in [0.1, 0.15) is 32.6 Å². The third-order valence-electron chi connectivity index (χ3n) is 1.81. The lowest BCUT2D eigenvalue weighted by atomic mass is 9.94. The second kappa shape index (κ2) is 24.6. The van der Waals surface area contributed by atoms with Gasteiger partial charge in [-0.25, -0.2) is 0 Å². The smallest absolute Gasteiger partial charge is 0.116 e. The maximum atomic E-state index is 8.81. The number of aliphatic hydroxyl groups is 2. The molecule has 0 saturated heterocycles. The van der Waals surface area contributed by atoms with Crippen LogP contribution in [0.2, 0.25) is 0 Å². The summed E-state index contributed by atoms with van der Waals surface area (Å²) in [5, 5.41) is 23.6. The van der Waals surface area contributed by atoms with Gasteiger partial charge in [-0.3, -0.25) is 0 Å². The molecule has 0 saturated carbocycles. The molecule has 0 amide bonds. The Morgan fingerprint density at radius 3 is 2.22 bits per heavy atom. The van der Waals surface area contributed by atoms with Crippen molar-refractivity contribution < 1.29 is 19.8 Å². The Bertz CT molecular complexity index is 222. The molecule has 5 nitrogen and oxygen atoms in total. The highest BCUT2D eigenvalue weighted by atomic mass is 16.3. The van der Waals surface area contributed by atoms with Gasteiger partial charge >= 0.3 is 0 Å². The van der Waals surface area contributed by atoms with Crippen LogP contribution in [0.15, 0.2) is 12.2 Å². The Morgan fingerprint density at radius 2 is 1.94 bits per heavy atom. The maximum Gasteiger partial charge on any atom is 0.116 e. The quantitative estimate of drug-likeness (QED) is 0.573. The normalized spacial score (nSPS) is 15.3. The monoisotopic (exact) mass is 257 g/mol. The summed E-state index contributed by atoms with van der Waals surface area (Å²) in [4.78, 5) is 16.8. The van der Waals surface area contributed by atoms with Crippen LogP contribution in [-0.2, 0) is 9.59 Å². The predicted octanol–water partition coefficient (Wildman–Crippen LogP) is 1.25. The van der Waals surface area contributed by atoms with Gasteiger partial charge in [0, 0.05) is 6.42 Å². The fourth-order valence-electron chi connectivity index (χ4n) is 1.17. The van der Waals surface area contributed by atoms with Gasteiger partial charge in [-0.1, -0.05) is 12.2 Å². The zero-order valence-electron chi connectivity index (χ0n) is 10.9. The van der Waals surface area contributed by atoms with Crippen LogP contribution in [0.5, 0.6) is 0 Å². The Balaban J connectivity index is -0.000000212. The van der Waals surface area contributed by atoms with Crippen LogP contribution in [0, 0.1) is 17.2 Å². The van der Waals surface area contributed by atoms with Crippen LogP contribution in [0.3, 0.4) is 0 Å². The molecule has 0 bridgehead atoms. The Morgan fingerprint density at radius 1 is 1.44 bits per heavy atom. The largest absolute Gasteiger partial charge is 0.394 e. The molecular weight excluding hydrogens is 234 g/mol. The van der Waals surface area contributed by atoms with E-state index in [4.69, 9.17) is 25.1 Å². The lowest BCUT2D eigenvalue weighted by Crippen LogP contribution is -1.98. The summed E-state index contributed by atoms with van der Waals surface area (Å²) in [5.41, 5.74) is 0. The van der Waals surface area contributed by atoms with Crippen LogP contribution in [-0.4, -0.2) is 36.5 Å². The summed E-state index contributed by atoms with van der Waals surface area (Å²) in [5.74, 6) is 0.559. The number of allylic oxidation sites excluding steroid dienone is 2. The van der Waals surface area contributed by atoms with E-state index >= 15 is 0 Å². The molecule has 1 atom stereocenters. The van der Waals surface area contributed by atoms with Crippen molar-refractivity contribution in [3.63, 3.8) is 0 Å². The molecule has 1 aliphatic rings. The molecule has 0 aromatic rings. The van der Waals surface area contributed by atoms with Gasteiger partial charge in [-0.15, -0.1) is 0 Å². The second-order valence-electron chi connectivity index (χ2n) is 3.16. The first-order chi connectivity index (χ1) is 8.76. The van der Waals surface area contributed by atoms with Gasteiger partial charge in [0.05, 0.1) is 19.3 Å². The minimum absolute atomic E-state index is 0.125. The highest BCUT2D eigenvalue weighted by Crippen LogP contribution is 2.18. The van der Waals surface area contributed by atoms with Gasteiger partial charge in [-0.05, 0) is 32.1 Å². The van der Waals surface area contributed by atoms with E-state index in [0.717, 1.165) is 6.29 Å². The number of nitrogens with zero attached hydrogens (tertiary/aromatic N) is 1. The average molecular weight is 257 g/mol. The summed E-state index contributed by atoms with van der Waals surface area (Å²) < 4.78 is 0. The van der Waals surface area contributed by atoms with Crippen LogP contribution in [0.4, 0.5) is 0 Å². The molecule has 5 heteroatoms. The predicted molar refractivity (Wildman–Crippen MR) is 69.7 cm³/mol. The number of aliphatic hydroxyl groups excluding tert-OH is 2. The molecule has 1 aliphatic carbocycles. The third kappa shape index (κ3) is 24.0. The molecule has 1 unspecified atom stereocenters. The number of hydrogen-bond acceptors (Lipinski definition) is 5. The summed E-state index contributed by atoms with van der Waals surface area (Å²) >= 11 is 0. The van der Waals surface area contributed by atoms with E-state index < -0.39 is 0 Å². The molecule has 0 aromatic heterocycles. The van der Waals surface area contributed by atoms with E-state index in [1.54, 1.807) is 0 Å². The van der Waals surface area contributed by atoms with Crippen molar-refractivity contribution >= 4 is 13.1 Å². The maximum absolute atomic E-state index is 8.81. The molecule has 0 spiro atoms. The van der Waals surface area contributed by atoms with Crippen LogP contribution in [0.25, 0.3) is 0 Å². The highest BCUT2D eigenvalue weighted by molar-refractivity contribution is 5.44. The molecule has 0 fully saturated rings. The second-order valence-corrected chi connectivity index (χ2v) is 3.16. The van der Waals surface area contributed by atoms with E-state index in [1.807, 2.05) is 6.79 Å². The fourth-order valence-corrected chi connectivity index (χ4v) is 1.17. The SMILES string of the molecule is C=O.CC=O.N#CCC1C=CCCC1.OCCO. The molecule has 2 N–H and O–H groups in total. The van der Waals surface area contributed by atoms with Gasteiger partial charge in [0.15, 0.2) is 0 Å². The number of nitriles is 1. The van der Waals surface area contributed by atoms with Crippen molar-refractivity contribution in [3.05, 3.63) is 12.2 Å². The fraction of sp³-hybridized carbons (Fsp3) is 0.615. The van der Waals surface area contributed by atoms with Crippen molar-refractivity contribution in [2.24, 2.45) is 5.92 Å². The van der Waals surface area contributed by atoms with Gasteiger partial charge in [-0.2, -0.15) is 5.26 Å². The summed E-state index contributed by atoms with van der Waals surface area (Å²) in [6, 6.07) is 2.19. The summed E-state index contributed by atoms with van der Waals surface area (Å²) in [6.07, 6.45) is 9.50. The topological polar surface area (TPSA) is 98.4 Å². The first-order valence-corrected chi connectivity index (χ1v) is 5.70. The van der Waals surface area contributed by atoms with Gasteiger partial charge in [0.25, 0.3) is 0 Å². The number of hydrogen-bond donors (Lipinski definition) is 2. The highest BCUT2D eigenvalue weighted by Gasteiger charge is 2.05. The lowest BCUT2D eigenvalue weighted by molar-refractivity contribution is -0.106. The zero-order chi connectivity index (χ0) is 14.6. The van der Waals surface area contributed by atoms with Crippen molar-refractivity contribution in [1.82, 2.24) is 0 Å². The van der Waals surface area contributed by atoms with Gasteiger partial charge in [0.1, 0.15) is 13.1 Å². The molecule has 0 aromatic carbocycles. The minimum atomic E-state index is -0.125. The minimum Gasteiger partial charge on any atom is -0.394 e. The Kier molecular flexibility index (Phi) is 29.8. The van der Waals surface area contributed by atoms with Crippen molar-refractivity contribution in [2.75, 3.05) is 13.2 Å². The van der Waals surface area contributed by atoms with Crippen molar-refractivity contribution in [1.29, 1.82) is 5.26 Å². The van der Waals surface area contributed by atoms with Gasteiger partial charge < -0.3 is 19.8 Å². The third-order valence-corrected chi connectivity index (χ3v) is 1.81. The Hall–Kier alpha value is -1.51. The Labute approximate surface area is 109 Å². The van der Waals surface area contributed by atoms with Crippen LogP contribution < -0.4 is 0 Å². The van der Waals surface area contributed by atoms with E-state index in [0.29, 0.717) is 12.3 Å². The summed E-state index contributed by atoms with van der Waals surface area (Å²) in [6.45, 7) is 3.19. The standard InChI is InChI=1S/C8H11N.C2H6O2.C2H4O.CH2O/c9-7-6-8-4-2-1-3-5-8;3-1-2-4;1-2-3;1-2/h2,4,8H,1,3,5-6H2;3-4H,1-2H2;2H,1H3;1H2. The van der Waals surface area contributed by atoms with Crippen molar-refractivity contribution in [3.8, 4) is 6.07 Å². The zero-order valence-corrected chi connectivity index (χ0v) is 10.9. The van der Waals surface area contributed by atoms with E-state index in [2.05, 4.69) is 18.2 Å². The molecular formula is C13H23NO4. The molecule has 18 heavy (non-hydrogen) atoms. The number of rotatable bonds is 2. The molecule has 1 rings (SSSR count). The number of carbonyl (C=O) groups excluding carboxylic acids is 2. The van der Waals surface area contributed by atoms with Gasteiger partial charge in [0.2, 0.25) is 0 Å². The molecule has 0 aliphatic heterocycles. The average Bonchev–Trinajstić information content (AvgIpc) is 2.44. The molecule has 0 radical (unpaired) electrons. The van der Waals surface area contributed by atoms with Crippen LogP contribution >= 0.6 is 0 Å². The number of carbonyl (C=O) groups is 2. The lowest BCUT2D eigenvalue weighted by Gasteiger charge is -2.11. The van der Waals surface area contributed by atoms with E-state index in [1.165, 1.54) is 26.2 Å².